The van der Waals surface area contributed by atoms with Crippen LogP contribution in [0, 0.1) is 0 Å². The predicted molar refractivity (Wildman–Crippen MR) is 256 cm³/mol. The minimum absolute atomic E-state index is 0.0565. The molecule has 2 aliphatic carbocycles. The van der Waals surface area contributed by atoms with E-state index in [-0.39, 0.29) is 10.8 Å². The van der Waals surface area contributed by atoms with Crippen LogP contribution in [-0.4, -0.2) is 0 Å². The highest BCUT2D eigenvalue weighted by atomic mass is 14.4. The summed E-state index contributed by atoms with van der Waals surface area (Å²) in [5, 5.41) is 7.56. The van der Waals surface area contributed by atoms with Gasteiger partial charge in [0.05, 0.1) is 0 Å². The third-order valence-corrected chi connectivity index (χ3v) is 14.1. The van der Waals surface area contributed by atoms with Crippen molar-refractivity contribution < 1.29 is 0 Å². The Morgan fingerprint density at radius 3 is 1.52 bits per heavy atom. The molecule has 0 radical (unpaired) electrons. The summed E-state index contributed by atoms with van der Waals surface area (Å²) >= 11 is 0. The lowest BCUT2D eigenvalue weighted by Gasteiger charge is -2.23. The summed E-state index contributed by atoms with van der Waals surface area (Å²) < 4.78 is 0. The van der Waals surface area contributed by atoms with Crippen LogP contribution >= 0.6 is 0 Å². The van der Waals surface area contributed by atoms with Crippen LogP contribution in [0.5, 0.6) is 0 Å². The second-order valence-corrected chi connectivity index (χ2v) is 18.0. The molecule has 0 saturated heterocycles. The lowest BCUT2D eigenvalue weighted by atomic mass is 9.80. The number of benzene rings is 10. The summed E-state index contributed by atoms with van der Waals surface area (Å²) in [5.74, 6) is 0. The normalized spacial score (nSPS) is 14.3. The first-order valence-electron chi connectivity index (χ1n) is 21.3. The smallest absolute Gasteiger partial charge is 0.0159 e. The van der Waals surface area contributed by atoms with Gasteiger partial charge < -0.3 is 0 Å². The standard InChI is InChI=1S/C60H44/c1-59(2)54-24-14-12-19-45(54)51-35-42(29-32-55(51)59)57-48-21-9-10-22-49(48)58(47-20-8-7-17-43(47)41-26-25-37-15-5-6-16-38(37)33-41)50-31-28-39(34-52(50)57)40-27-30-46-44-18-11-13-23-53(44)60(3,4)56(46)36-40/h5-36H,1-4H3. The van der Waals surface area contributed by atoms with Crippen LogP contribution < -0.4 is 0 Å². The molecule has 284 valence electrons. The minimum Gasteiger partial charge on any atom is -0.0619 e. The number of rotatable bonds is 4. The van der Waals surface area contributed by atoms with Crippen LogP contribution in [0.4, 0.5) is 0 Å². The molecule has 0 N–H and O–H groups in total. The molecule has 0 aliphatic heterocycles. The lowest BCUT2D eigenvalue weighted by molar-refractivity contribution is 0.660. The molecule has 0 heterocycles. The zero-order valence-electron chi connectivity index (χ0n) is 34.5. The topological polar surface area (TPSA) is 0 Å². The highest BCUT2D eigenvalue weighted by molar-refractivity contribution is 6.23. The lowest BCUT2D eigenvalue weighted by Crippen LogP contribution is -2.14. The van der Waals surface area contributed by atoms with Crippen molar-refractivity contribution in [2.45, 2.75) is 38.5 Å². The van der Waals surface area contributed by atoms with Gasteiger partial charge in [-0.2, -0.15) is 0 Å². The Labute approximate surface area is 352 Å². The molecule has 2 aliphatic rings. The minimum atomic E-state index is -0.0751. The maximum Gasteiger partial charge on any atom is 0.0159 e. The molecule has 0 heteroatoms. The van der Waals surface area contributed by atoms with Crippen molar-refractivity contribution in [1.29, 1.82) is 0 Å². The van der Waals surface area contributed by atoms with Crippen molar-refractivity contribution in [2.75, 3.05) is 0 Å². The number of hydrogen-bond donors (Lipinski definition) is 0. The first-order chi connectivity index (χ1) is 29.3. The molecule has 0 aromatic heterocycles. The Hall–Kier alpha value is -7.02. The molecule has 10 aromatic carbocycles. The van der Waals surface area contributed by atoms with Crippen molar-refractivity contribution >= 4 is 32.3 Å². The van der Waals surface area contributed by atoms with E-state index in [0.717, 1.165) is 0 Å². The van der Waals surface area contributed by atoms with Crippen LogP contribution in [0.2, 0.25) is 0 Å². The monoisotopic (exact) mass is 764 g/mol. The molecule has 0 amide bonds. The van der Waals surface area contributed by atoms with Gasteiger partial charge in [-0.15, -0.1) is 0 Å². The van der Waals surface area contributed by atoms with Crippen LogP contribution in [0.25, 0.3) is 99.1 Å². The highest BCUT2D eigenvalue weighted by Crippen LogP contribution is 2.53. The van der Waals surface area contributed by atoms with Crippen LogP contribution in [0.15, 0.2) is 194 Å². The van der Waals surface area contributed by atoms with Gasteiger partial charge in [0.1, 0.15) is 0 Å². The van der Waals surface area contributed by atoms with Gasteiger partial charge >= 0.3 is 0 Å². The molecule has 0 nitrogen and oxygen atoms in total. The molecular formula is C60H44. The second-order valence-electron chi connectivity index (χ2n) is 18.0. The zero-order chi connectivity index (χ0) is 40.3. The average molecular weight is 765 g/mol. The van der Waals surface area contributed by atoms with E-state index in [2.05, 4.69) is 222 Å². The Morgan fingerprint density at radius 1 is 0.250 bits per heavy atom. The van der Waals surface area contributed by atoms with Gasteiger partial charge in [-0.05, 0) is 146 Å². The van der Waals surface area contributed by atoms with E-state index in [1.54, 1.807) is 0 Å². The molecule has 0 bridgehead atoms. The Morgan fingerprint density at radius 2 is 0.750 bits per heavy atom. The summed E-state index contributed by atoms with van der Waals surface area (Å²) in [4.78, 5) is 0. The van der Waals surface area contributed by atoms with Crippen LogP contribution in [0.1, 0.15) is 49.9 Å². The summed E-state index contributed by atoms with van der Waals surface area (Å²) in [6.07, 6.45) is 0. The molecule has 10 aromatic rings. The van der Waals surface area contributed by atoms with Gasteiger partial charge in [0.2, 0.25) is 0 Å². The maximum atomic E-state index is 2.49. The van der Waals surface area contributed by atoms with Crippen molar-refractivity contribution in [3.8, 4) is 66.8 Å². The number of fused-ring (bicyclic) bond motifs is 9. The van der Waals surface area contributed by atoms with E-state index in [1.807, 2.05) is 0 Å². The molecule has 12 rings (SSSR count). The highest BCUT2D eigenvalue weighted by Gasteiger charge is 2.36. The van der Waals surface area contributed by atoms with E-state index in [9.17, 15) is 0 Å². The Balaban J connectivity index is 1.14. The molecule has 0 saturated carbocycles. The first kappa shape index (κ1) is 35.0. The third-order valence-electron chi connectivity index (χ3n) is 14.1. The summed E-state index contributed by atoms with van der Waals surface area (Å²) in [6.45, 7) is 9.48. The van der Waals surface area contributed by atoms with Crippen molar-refractivity contribution in [2.24, 2.45) is 0 Å². The quantitative estimate of drug-likeness (QED) is 0.157. The maximum absolute atomic E-state index is 2.49. The molecule has 0 fully saturated rings. The van der Waals surface area contributed by atoms with Crippen LogP contribution in [-0.2, 0) is 10.8 Å². The molecule has 0 atom stereocenters. The summed E-state index contributed by atoms with van der Waals surface area (Å²) in [5.41, 5.74) is 20.8. The number of hydrogen-bond acceptors (Lipinski definition) is 0. The third kappa shape index (κ3) is 4.98. The molecular weight excluding hydrogens is 721 g/mol. The largest absolute Gasteiger partial charge is 0.0619 e. The van der Waals surface area contributed by atoms with Crippen molar-refractivity contribution in [3.63, 3.8) is 0 Å². The van der Waals surface area contributed by atoms with Crippen molar-refractivity contribution in [1.82, 2.24) is 0 Å². The summed E-state index contributed by atoms with van der Waals surface area (Å²) in [6, 6.07) is 73.3. The van der Waals surface area contributed by atoms with Gasteiger partial charge in [0.25, 0.3) is 0 Å². The van der Waals surface area contributed by atoms with E-state index in [0.29, 0.717) is 0 Å². The fraction of sp³-hybridized carbons (Fsp3) is 0.100. The van der Waals surface area contributed by atoms with E-state index < -0.39 is 0 Å². The second kappa shape index (κ2) is 12.7. The van der Waals surface area contributed by atoms with E-state index in [4.69, 9.17) is 0 Å². The SMILES string of the molecule is CC1(C)c2ccccc2-c2cc(-c3c4ccccc4c(-c4ccccc4-c4ccc5ccccc5c4)c4ccc(-c5ccc6c(c5)C(C)(C)c5ccccc5-6)cc34)ccc21. The fourth-order valence-electron chi connectivity index (χ4n) is 11.0. The van der Waals surface area contributed by atoms with Gasteiger partial charge in [0.15, 0.2) is 0 Å². The zero-order valence-corrected chi connectivity index (χ0v) is 34.5. The predicted octanol–water partition coefficient (Wildman–Crippen LogP) is 16.4. The molecule has 60 heavy (non-hydrogen) atoms. The van der Waals surface area contributed by atoms with E-state index in [1.165, 1.54) is 121 Å². The fourth-order valence-corrected chi connectivity index (χ4v) is 11.0. The van der Waals surface area contributed by atoms with Gasteiger partial charge in [-0.1, -0.05) is 198 Å². The molecule has 0 spiro atoms. The van der Waals surface area contributed by atoms with E-state index >= 15 is 0 Å². The average Bonchev–Trinajstić information content (AvgIpc) is 3.66. The Kier molecular flexibility index (Phi) is 7.42. The van der Waals surface area contributed by atoms with Crippen LogP contribution in [0.3, 0.4) is 0 Å². The van der Waals surface area contributed by atoms with Gasteiger partial charge in [0, 0.05) is 10.8 Å². The van der Waals surface area contributed by atoms with Gasteiger partial charge in [-0.25, -0.2) is 0 Å². The first-order valence-corrected chi connectivity index (χ1v) is 21.3. The molecule has 0 unspecified atom stereocenters. The summed E-state index contributed by atoms with van der Waals surface area (Å²) in [7, 11) is 0. The Bertz CT molecular complexity index is 3430. The van der Waals surface area contributed by atoms with Crippen molar-refractivity contribution in [3.05, 3.63) is 216 Å². The van der Waals surface area contributed by atoms with Gasteiger partial charge in [-0.3, -0.25) is 0 Å².